The van der Waals surface area contributed by atoms with Crippen LogP contribution < -0.4 is 16.6 Å². The normalized spacial score (nSPS) is 11.7. The Labute approximate surface area is 123 Å². The Morgan fingerprint density at radius 1 is 1.55 bits per heavy atom. The fourth-order valence-corrected chi connectivity index (χ4v) is 1.68. The van der Waals surface area contributed by atoms with E-state index in [0.29, 0.717) is 18.2 Å². The molecule has 1 aromatic heterocycles. The maximum atomic E-state index is 12.0. The van der Waals surface area contributed by atoms with Crippen molar-refractivity contribution in [2.75, 3.05) is 11.9 Å². The molecule has 20 heavy (non-hydrogen) atoms. The van der Waals surface area contributed by atoms with Crippen molar-refractivity contribution in [3.63, 3.8) is 0 Å². The molecule has 0 aliphatic carbocycles. The number of nitrogens with two attached hydrogens (primary N) is 1. The van der Waals surface area contributed by atoms with Crippen LogP contribution in [0.5, 0.6) is 0 Å². The summed E-state index contributed by atoms with van der Waals surface area (Å²) in [4.78, 5) is 23.3. The van der Waals surface area contributed by atoms with E-state index < -0.39 is 11.3 Å². The average Bonchev–Trinajstić information content (AvgIpc) is 2.33. The number of aromatic nitrogens is 2. The number of amides is 1. The van der Waals surface area contributed by atoms with Gasteiger partial charge in [0, 0.05) is 13.1 Å². The molecule has 0 aliphatic rings. The van der Waals surface area contributed by atoms with Gasteiger partial charge >= 0.3 is 0 Å². The van der Waals surface area contributed by atoms with E-state index in [2.05, 4.69) is 10.4 Å². The molecule has 0 fully saturated rings. The highest BCUT2D eigenvalue weighted by atomic mass is 35.5. The lowest BCUT2D eigenvalue weighted by Crippen LogP contribution is -2.37. The molecule has 0 saturated carbocycles. The number of hydrogen-bond acceptors (Lipinski definition) is 4. The standard InChI is InChI=1S/C13H21ClN4O2/c1-8(2)6-18-11(19)10(14)9(5-17-18)16-7-13(3,4)12(15)20/h5,8,16H,6-7H2,1-4H3,(H2,15,20). The summed E-state index contributed by atoms with van der Waals surface area (Å²) < 4.78 is 1.33. The van der Waals surface area contributed by atoms with Gasteiger partial charge in [-0.1, -0.05) is 25.4 Å². The highest BCUT2D eigenvalue weighted by molar-refractivity contribution is 6.32. The molecule has 0 atom stereocenters. The third-order valence-corrected chi connectivity index (χ3v) is 3.28. The summed E-state index contributed by atoms with van der Waals surface area (Å²) in [5.74, 6) is -0.133. The lowest BCUT2D eigenvalue weighted by Gasteiger charge is -2.21. The van der Waals surface area contributed by atoms with E-state index in [4.69, 9.17) is 17.3 Å². The first-order chi connectivity index (χ1) is 9.15. The van der Waals surface area contributed by atoms with Gasteiger partial charge < -0.3 is 11.1 Å². The highest BCUT2D eigenvalue weighted by Gasteiger charge is 2.25. The Bertz CT molecular complexity index is 552. The van der Waals surface area contributed by atoms with Crippen molar-refractivity contribution in [2.24, 2.45) is 17.1 Å². The van der Waals surface area contributed by atoms with Crippen LogP contribution in [-0.2, 0) is 11.3 Å². The van der Waals surface area contributed by atoms with E-state index in [9.17, 15) is 9.59 Å². The van der Waals surface area contributed by atoms with Crippen molar-refractivity contribution in [3.05, 3.63) is 21.6 Å². The Morgan fingerprint density at radius 2 is 2.15 bits per heavy atom. The maximum absolute atomic E-state index is 12.0. The van der Waals surface area contributed by atoms with Crippen LogP contribution in [0.15, 0.2) is 11.0 Å². The predicted molar refractivity (Wildman–Crippen MR) is 79.8 cm³/mol. The Balaban J connectivity index is 2.91. The Morgan fingerprint density at radius 3 is 2.65 bits per heavy atom. The molecule has 1 rings (SSSR count). The molecule has 0 radical (unpaired) electrons. The van der Waals surface area contributed by atoms with Gasteiger partial charge in [-0.2, -0.15) is 5.10 Å². The van der Waals surface area contributed by atoms with E-state index in [1.807, 2.05) is 13.8 Å². The van der Waals surface area contributed by atoms with Gasteiger partial charge in [-0.3, -0.25) is 9.59 Å². The van der Waals surface area contributed by atoms with Gasteiger partial charge in [0.1, 0.15) is 5.02 Å². The zero-order valence-corrected chi connectivity index (χ0v) is 13.0. The van der Waals surface area contributed by atoms with Gasteiger partial charge in [0.25, 0.3) is 5.56 Å². The molecule has 0 aliphatic heterocycles. The lowest BCUT2D eigenvalue weighted by atomic mass is 9.93. The summed E-state index contributed by atoms with van der Waals surface area (Å²) in [6, 6.07) is 0. The summed E-state index contributed by atoms with van der Waals surface area (Å²) in [6.45, 7) is 8.18. The van der Waals surface area contributed by atoms with Crippen molar-refractivity contribution in [2.45, 2.75) is 34.2 Å². The largest absolute Gasteiger partial charge is 0.381 e. The first-order valence-corrected chi connectivity index (χ1v) is 6.82. The van der Waals surface area contributed by atoms with Gasteiger partial charge in [0.2, 0.25) is 5.91 Å². The zero-order valence-electron chi connectivity index (χ0n) is 12.2. The van der Waals surface area contributed by atoms with Crippen LogP contribution in [0.2, 0.25) is 5.02 Å². The first kappa shape index (κ1) is 16.5. The summed E-state index contributed by atoms with van der Waals surface area (Å²) >= 11 is 6.04. The number of anilines is 1. The molecule has 3 N–H and O–H groups in total. The van der Waals surface area contributed by atoms with Crippen LogP contribution >= 0.6 is 11.6 Å². The van der Waals surface area contributed by atoms with Crippen molar-refractivity contribution < 1.29 is 4.79 Å². The second-order valence-corrected chi connectivity index (χ2v) is 6.23. The van der Waals surface area contributed by atoms with Crippen LogP contribution in [0.1, 0.15) is 27.7 Å². The number of carbonyl (C=O) groups is 1. The van der Waals surface area contributed by atoms with E-state index >= 15 is 0 Å². The summed E-state index contributed by atoms with van der Waals surface area (Å²) in [5, 5.41) is 7.08. The topological polar surface area (TPSA) is 90.0 Å². The fourth-order valence-electron chi connectivity index (χ4n) is 1.47. The fraction of sp³-hybridized carbons (Fsp3) is 0.615. The number of primary amides is 1. The van der Waals surface area contributed by atoms with E-state index in [1.54, 1.807) is 13.8 Å². The smallest absolute Gasteiger partial charge is 0.287 e. The zero-order chi connectivity index (χ0) is 15.5. The Kier molecular flexibility index (Phi) is 5.16. The van der Waals surface area contributed by atoms with Crippen molar-refractivity contribution in [3.8, 4) is 0 Å². The molecule has 1 aromatic rings. The summed E-state index contributed by atoms with van der Waals surface area (Å²) in [6.07, 6.45) is 1.49. The molecular weight excluding hydrogens is 280 g/mol. The van der Waals surface area contributed by atoms with Gasteiger partial charge in [-0.05, 0) is 19.8 Å². The number of carbonyl (C=O) groups excluding carboxylic acids is 1. The van der Waals surface area contributed by atoms with Crippen molar-refractivity contribution in [1.29, 1.82) is 0 Å². The Hall–Kier alpha value is -1.56. The van der Waals surface area contributed by atoms with Crippen molar-refractivity contribution in [1.82, 2.24) is 9.78 Å². The molecule has 0 aromatic carbocycles. The molecule has 1 heterocycles. The highest BCUT2D eigenvalue weighted by Crippen LogP contribution is 2.20. The number of hydrogen-bond donors (Lipinski definition) is 2. The monoisotopic (exact) mass is 300 g/mol. The van der Waals surface area contributed by atoms with Crippen LogP contribution in [0, 0.1) is 11.3 Å². The second kappa shape index (κ2) is 6.26. The summed E-state index contributed by atoms with van der Waals surface area (Å²) in [5.41, 5.74) is 4.61. The molecular formula is C13H21ClN4O2. The molecule has 7 heteroatoms. The van der Waals surface area contributed by atoms with Crippen molar-refractivity contribution >= 4 is 23.2 Å². The van der Waals surface area contributed by atoms with E-state index in [-0.39, 0.29) is 17.1 Å². The quantitative estimate of drug-likeness (QED) is 0.832. The van der Waals surface area contributed by atoms with Gasteiger partial charge in [0.15, 0.2) is 0 Å². The number of nitrogens with zero attached hydrogens (tertiary/aromatic N) is 2. The van der Waals surface area contributed by atoms with Gasteiger partial charge in [-0.25, -0.2) is 4.68 Å². The average molecular weight is 301 g/mol. The third-order valence-electron chi connectivity index (χ3n) is 2.91. The predicted octanol–water partition coefficient (Wildman–Crippen LogP) is 1.48. The summed E-state index contributed by atoms with van der Waals surface area (Å²) in [7, 11) is 0. The number of rotatable bonds is 6. The van der Waals surface area contributed by atoms with Crippen LogP contribution in [0.3, 0.4) is 0 Å². The van der Waals surface area contributed by atoms with E-state index in [1.165, 1.54) is 10.9 Å². The lowest BCUT2D eigenvalue weighted by molar-refractivity contribution is -0.125. The first-order valence-electron chi connectivity index (χ1n) is 6.44. The minimum atomic E-state index is -0.740. The molecule has 112 valence electrons. The van der Waals surface area contributed by atoms with Crippen LogP contribution in [-0.4, -0.2) is 22.2 Å². The van der Waals surface area contributed by atoms with E-state index in [0.717, 1.165) is 0 Å². The number of nitrogens with one attached hydrogen (secondary N) is 1. The third kappa shape index (κ3) is 3.96. The minimum Gasteiger partial charge on any atom is -0.381 e. The maximum Gasteiger partial charge on any atom is 0.287 e. The molecule has 0 bridgehead atoms. The van der Waals surface area contributed by atoms with Gasteiger partial charge in [0.05, 0.1) is 17.3 Å². The molecule has 1 amide bonds. The SMILES string of the molecule is CC(C)Cn1ncc(NCC(C)(C)C(N)=O)c(Cl)c1=O. The molecule has 0 saturated heterocycles. The molecule has 0 spiro atoms. The second-order valence-electron chi connectivity index (χ2n) is 5.86. The van der Waals surface area contributed by atoms with Crippen LogP contribution in [0.25, 0.3) is 0 Å². The van der Waals surface area contributed by atoms with Gasteiger partial charge in [-0.15, -0.1) is 0 Å². The number of halogens is 1. The molecule has 0 unspecified atom stereocenters. The van der Waals surface area contributed by atoms with Crippen LogP contribution in [0.4, 0.5) is 5.69 Å². The minimum absolute atomic E-state index is 0.0703. The molecule has 6 nitrogen and oxygen atoms in total.